The molecule has 0 spiro atoms. The van der Waals surface area contributed by atoms with Crippen LogP contribution < -0.4 is 16.0 Å². The normalized spacial score (nSPS) is 21.0. The van der Waals surface area contributed by atoms with Gasteiger partial charge in [-0.15, -0.1) is 0 Å². The first kappa shape index (κ1) is 23.7. The van der Waals surface area contributed by atoms with Crippen molar-refractivity contribution in [1.82, 2.24) is 20.3 Å². The van der Waals surface area contributed by atoms with Gasteiger partial charge in [0.25, 0.3) is 0 Å². The number of hydrogen-bond donors (Lipinski definition) is 3. The van der Waals surface area contributed by atoms with Crippen LogP contribution in [0.25, 0.3) is 0 Å². The van der Waals surface area contributed by atoms with Crippen LogP contribution in [0.4, 0.5) is 13.2 Å². The third-order valence-electron chi connectivity index (χ3n) is 5.37. The van der Waals surface area contributed by atoms with E-state index in [4.69, 9.17) is 0 Å². The molecule has 0 radical (unpaired) electrons. The highest BCUT2D eigenvalue weighted by Gasteiger charge is 2.50. The number of aliphatic imine (C=N–C) groups is 1. The van der Waals surface area contributed by atoms with E-state index in [1.54, 1.807) is 7.05 Å². The minimum atomic E-state index is -5.26. The van der Waals surface area contributed by atoms with Gasteiger partial charge in [-0.1, -0.05) is 19.3 Å². The van der Waals surface area contributed by atoms with Crippen molar-refractivity contribution in [2.24, 2.45) is 10.9 Å². The van der Waals surface area contributed by atoms with E-state index in [9.17, 15) is 26.4 Å². The van der Waals surface area contributed by atoms with Crippen molar-refractivity contribution >= 4 is 21.9 Å². The molecule has 12 heteroatoms. The molecule has 1 saturated carbocycles. The Labute approximate surface area is 169 Å². The number of halogens is 3. The fraction of sp³-hybridized carbons (Fsp3) is 0.882. The van der Waals surface area contributed by atoms with Crippen LogP contribution in [0, 0.1) is 5.92 Å². The van der Waals surface area contributed by atoms with Gasteiger partial charge in [0.05, 0.1) is 6.54 Å². The van der Waals surface area contributed by atoms with Crippen molar-refractivity contribution in [2.45, 2.75) is 56.5 Å². The van der Waals surface area contributed by atoms with Gasteiger partial charge in [0.1, 0.15) is 0 Å². The maximum Gasteiger partial charge on any atom is 0.511 e. The molecule has 1 aliphatic carbocycles. The van der Waals surface area contributed by atoms with E-state index in [0.717, 1.165) is 25.7 Å². The molecule has 0 atom stereocenters. The molecular weight excluding hydrogens is 411 g/mol. The van der Waals surface area contributed by atoms with Gasteiger partial charge in [-0.05, 0) is 31.6 Å². The van der Waals surface area contributed by atoms with E-state index >= 15 is 0 Å². The minimum absolute atomic E-state index is 0.0179. The number of carbonyl (C=O) groups excluding carboxylic acids is 1. The van der Waals surface area contributed by atoms with Gasteiger partial charge in [-0.3, -0.25) is 9.79 Å². The van der Waals surface area contributed by atoms with Gasteiger partial charge in [0.15, 0.2) is 5.96 Å². The zero-order chi connectivity index (χ0) is 21.5. The van der Waals surface area contributed by atoms with E-state index in [2.05, 4.69) is 20.9 Å². The molecule has 1 heterocycles. The molecule has 1 aliphatic heterocycles. The van der Waals surface area contributed by atoms with Crippen LogP contribution in [0.1, 0.15) is 44.9 Å². The Hall–Kier alpha value is -1.56. The Kier molecular flexibility index (Phi) is 8.56. The fourth-order valence-corrected chi connectivity index (χ4v) is 4.64. The Morgan fingerprint density at radius 3 is 2.24 bits per heavy atom. The van der Waals surface area contributed by atoms with Crippen LogP contribution in [-0.4, -0.2) is 69.4 Å². The SMILES string of the molecule is CN=C(NCC(=O)NC1CCCCC1)NCC1CCN(S(=O)(=O)C(F)(F)F)CC1. The minimum Gasteiger partial charge on any atom is -0.356 e. The van der Waals surface area contributed by atoms with E-state index in [-0.39, 0.29) is 37.5 Å². The molecule has 29 heavy (non-hydrogen) atoms. The number of piperidine rings is 1. The standard InChI is InChI=1S/C17H30F3N5O3S/c1-21-16(23-12-15(26)24-14-5-3-2-4-6-14)22-11-13-7-9-25(10-8-13)29(27,28)17(18,19)20/h13-14H,2-12H2,1H3,(H,24,26)(H2,21,22,23). The van der Waals surface area contributed by atoms with Crippen molar-refractivity contribution in [3.63, 3.8) is 0 Å². The van der Waals surface area contributed by atoms with Gasteiger partial charge in [0, 0.05) is 32.7 Å². The lowest BCUT2D eigenvalue weighted by atomic mass is 9.95. The molecule has 2 rings (SSSR count). The van der Waals surface area contributed by atoms with E-state index < -0.39 is 15.5 Å². The summed E-state index contributed by atoms with van der Waals surface area (Å²) in [6.45, 7) is 0.191. The molecule has 0 aromatic heterocycles. The molecule has 0 bridgehead atoms. The van der Waals surface area contributed by atoms with Crippen molar-refractivity contribution < 1.29 is 26.4 Å². The average molecular weight is 442 g/mol. The number of nitrogens with zero attached hydrogens (tertiary/aromatic N) is 2. The highest BCUT2D eigenvalue weighted by Crippen LogP contribution is 2.30. The summed E-state index contributed by atoms with van der Waals surface area (Å²) in [6, 6.07) is 0.228. The van der Waals surface area contributed by atoms with Gasteiger partial charge in [0.2, 0.25) is 5.91 Å². The van der Waals surface area contributed by atoms with E-state index in [0.29, 0.717) is 29.7 Å². The zero-order valence-corrected chi connectivity index (χ0v) is 17.4. The average Bonchev–Trinajstić information content (AvgIpc) is 2.68. The van der Waals surface area contributed by atoms with Crippen molar-refractivity contribution in [1.29, 1.82) is 0 Å². The van der Waals surface area contributed by atoms with E-state index in [1.807, 2.05) is 0 Å². The predicted molar refractivity (Wildman–Crippen MR) is 104 cm³/mol. The maximum absolute atomic E-state index is 12.6. The lowest BCUT2D eigenvalue weighted by molar-refractivity contribution is -0.120. The summed E-state index contributed by atoms with van der Waals surface area (Å²) in [5.41, 5.74) is -5.26. The summed E-state index contributed by atoms with van der Waals surface area (Å²) in [5.74, 6) is 0.337. The molecule has 1 saturated heterocycles. The van der Waals surface area contributed by atoms with Crippen molar-refractivity contribution in [3.8, 4) is 0 Å². The predicted octanol–water partition coefficient (Wildman–Crippen LogP) is 1.16. The summed E-state index contributed by atoms with van der Waals surface area (Å²) in [7, 11) is -3.69. The summed E-state index contributed by atoms with van der Waals surface area (Å²) >= 11 is 0. The highest BCUT2D eigenvalue weighted by atomic mass is 32.2. The van der Waals surface area contributed by atoms with Crippen LogP contribution in [0.2, 0.25) is 0 Å². The second kappa shape index (κ2) is 10.5. The lowest BCUT2D eigenvalue weighted by Crippen LogP contribution is -2.48. The smallest absolute Gasteiger partial charge is 0.356 e. The van der Waals surface area contributed by atoms with Crippen molar-refractivity contribution in [2.75, 3.05) is 33.2 Å². The molecule has 8 nitrogen and oxygen atoms in total. The number of nitrogens with one attached hydrogen (secondary N) is 3. The molecule has 0 aromatic carbocycles. The van der Waals surface area contributed by atoms with E-state index in [1.165, 1.54) is 6.42 Å². The molecule has 2 fully saturated rings. The Bertz CT molecular complexity index is 670. The molecule has 0 unspecified atom stereocenters. The number of hydrogen-bond acceptors (Lipinski definition) is 4. The fourth-order valence-electron chi connectivity index (χ4n) is 3.65. The third-order valence-corrected chi connectivity index (χ3v) is 7.00. The zero-order valence-electron chi connectivity index (χ0n) is 16.6. The Balaban J connectivity index is 1.69. The molecular formula is C17H30F3N5O3S. The second-order valence-electron chi connectivity index (χ2n) is 7.50. The van der Waals surface area contributed by atoms with Crippen LogP contribution in [0.15, 0.2) is 4.99 Å². The number of guanidine groups is 1. The van der Waals surface area contributed by atoms with Crippen LogP contribution >= 0.6 is 0 Å². The first-order valence-corrected chi connectivity index (χ1v) is 11.4. The lowest BCUT2D eigenvalue weighted by Gasteiger charge is -2.31. The van der Waals surface area contributed by atoms with Gasteiger partial charge in [-0.25, -0.2) is 8.42 Å². The summed E-state index contributed by atoms with van der Waals surface area (Å²) in [6.07, 6.45) is 6.11. The Morgan fingerprint density at radius 1 is 1.07 bits per heavy atom. The van der Waals surface area contributed by atoms with Crippen molar-refractivity contribution in [3.05, 3.63) is 0 Å². The quantitative estimate of drug-likeness (QED) is 0.424. The van der Waals surface area contributed by atoms with Crippen LogP contribution in [0.3, 0.4) is 0 Å². The maximum atomic E-state index is 12.6. The molecule has 0 aromatic rings. The summed E-state index contributed by atoms with van der Waals surface area (Å²) in [4.78, 5) is 16.1. The number of alkyl halides is 3. The Morgan fingerprint density at radius 2 is 1.69 bits per heavy atom. The highest BCUT2D eigenvalue weighted by molar-refractivity contribution is 7.90. The number of sulfonamides is 1. The van der Waals surface area contributed by atoms with Crippen LogP contribution in [-0.2, 0) is 14.8 Å². The molecule has 168 valence electrons. The topological polar surface area (TPSA) is 103 Å². The number of rotatable bonds is 6. The first-order chi connectivity index (χ1) is 13.6. The molecule has 1 amide bonds. The monoisotopic (exact) mass is 441 g/mol. The van der Waals surface area contributed by atoms with Gasteiger partial charge in [-0.2, -0.15) is 17.5 Å². The number of carbonyl (C=O) groups is 1. The second-order valence-corrected chi connectivity index (χ2v) is 9.43. The summed E-state index contributed by atoms with van der Waals surface area (Å²) in [5, 5.41) is 8.97. The van der Waals surface area contributed by atoms with Gasteiger partial charge >= 0.3 is 15.5 Å². The van der Waals surface area contributed by atoms with Crippen LogP contribution in [0.5, 0.6) is 0 Å². The summed E-state index contributed by atoms with van der Waals surface area (Å²) < 4.78 is 61.2. The number of amides is 1. The molecule has 2 aliphatic rings. The van der Waals surface area contributed by atoms with Gasteiger partial charge < -0.3 is 16.0 Å². The molecule has 3 N–H and O–H groups in total. The first-order valence-electron chi connectivity index (χ1n) is 9.93. The third kappa shape index (κ3) is 7.02. The largest absolute Gasteiger partial charge is 0.511 e.